The van der Waals surface area contributed by atoms with Crippen LogP contribution in [0.2, 0.25) is 0 Å². The van der Waals surface area contributed by atoms with Crippen LogP contribution in [-0.2, 0) is 4.74 Å². The quantitative estimate of drug-likeness (QED) is 0.917. The van der Waals surface area contributed by atoms with Crippen LogP contribution in [0.5, 0.6) is 5.75 Å². The van der Waals surface area contributed by atoms with Crippen LogP contribution in [-0.4, -0.2) is 24.9 Å². The zero-order chi connectivity index (χ0) is 14.9. The lowest BCUT2D eigenvalue weighted by atomic mass is 9.89. The molecule has 1 N–H and O–H groups in total. The van der Waals surface area contributed by atoms with E-state index in [1.807, 2.05) is 0 Å². The summed E-state index contributed by atoms with van der Waals surface area (Å²) in [6.45, 7) is 8.51. The van der Waals surface area contributed by atoms with Crippen molar-refractivity contribution >= 4 is 0 Å². The number of hydrogen-bond acceptors (Lipinski definition) is 3. The summed E-state index contributed by atoms with van der Waals surface area (Å²) in [7, 11) is 0. The highest BCUT2D eigenvalue weighted by Crippen LogP contribution is 2.39. The van der Waals surface area contributed by atoms with E-state index < -0.39 is 0 Å². The molecule has 0 bridgehead atoms. The summed E-state index contributed by atoms with van der Waals surface area (Å²) in [5.41, 5.74) is 1.19. The highest BCUT2D eigenvalue weighted by molar-refractivity contribution is 5.38. The molecule has 2 aliphatic heterocycles. The third kappa shape index (κ3) is 3.24. The van der Waals surface area contributed by atoms with Gasteiger partial charge in [0, 0.05) is 31.2 Å². The minimum Gasteiger partial charge on any atom is -0.487 e. The summed E-state index contributed by atoms with van der Waals surface area (Å²) >= 11 is 0. The minimum absolute atomic E-state index is 0.109. The van der Waals surface area contributed by atoms with Crippen LogP contribution in [0, 0.1) is 5.92 Å². The van der Waals surface area contributed by atoms with Crippen molar-refractivity contribution in [3.8, 4) is 5.75 Å². The molecule has 0 saturated carbocycles. The number of fused-ring (bicyclic) bond motifs is 1. The molecule has 1 fully saturated rings. The van der Waals surface area contributed by atoms with Crippen molar-refractivity contribution in [2.24, 2.45) is 5.92 Å². The molecule has 3 rings (SSSR count). The van der Waals surface area contributed by atoms with Gasteiger partial charge in [-0.1, -0.05) is 25.1 Å². The Morgan fingerprint density at radius 3 is 2.90 bits per heavy atom. The summed E-state index contributed by atoms with van der Waals surface area (Å²) < 4.78 is 11.9. The third-order valence-electron chi connectivity index (χ3n) is 4.75. The average molecular weight is 289 g/mol. The highest BCUT2D eigenvalue weighted by Gasteiger charge is 2.34. The molecule has 3 unspecified atom stereocenters. The van der Waals surface area contributed by atoms with Crippen LogP contribution >= 0.6 is 0 Å². The molecule has 0 radical (unpaired) electrons. The molecule has 116 valence electrons. The van der Waals surface area contributed by atoms with E-state index in [-0.39, 0.29) is 5.60 Å². The molecule has 1 aromatic carbocycles. The Labute approximate surface area is 128 Å². The Morgan fingerprint density at radius 1 is 1.29 bits per heavy atom. The van der Waals surface area contributed by atoms with Gasteiger partial charge in [0.25, 0.3) is 0 Å². The molecular weight excluding hydrogens is 262 g/mol. The van der Waals surface area contributed by atoms with Gasteiger partial charge in [-0.3, -0.25) is 0 Å². The van der Waals surface area contributed by atoms with Crippen molar-refractivity contribution in [3.05, 3.63) is 29.8 Å². The van der Waals surface area contributed by atoms with Crippen molar-refractivity contribution in [1.82, 2.24) is 5.32 Å². The van der Waals surface area contributed by atoms with Crippen molar-refractivity contribution in [2.75, 3.05) is 13.2 Å². The van der Waals surface area contributed by atoms with E-state index >= 15 is 0 Å². The first kappa shape index (κ1) is 14.9. The van der Waals surface area contributed by atoms with Crippen LogP contribution in [0.1, 0.15) is 51.6 Å². The Bertz CT molecular complexity index is 486. The maximum atomic E-state index is 6.10. The molecule has 2 aliphatic rings. The van der Waals surface area contributed by atoms with Gasteiger partial charge < -0.3 is 14.8 Å². The number of hydrogen-bond donors (Lipinski definition) is 1. The first-order valence-corrected chi connectivity index (χ1v) is 8.22. The maximum Gasteiger partial charge on any atom is 0.124 e. The van der Waals surface area contributed by atoms with Gasteiger partial charge in [-0.15, -0.1) is 0 Å². The molecule has 21 heavy (non-hydrogen) atoms. The van der Waals surface area contributed by atoms with Gasteiger partial charge in [-0.25, -0.2) is 0 Å². The fourth-order valence-electron chi connectivity index (χ4n) is 3.66. The smallest absolute Gasteiger partial charge is 0.124 e. The lowest BCUT2D eigenvalue weighted by molar-refractivity contribution is 0.0613. The largest absolute Gasteiger partial charge is 0.487 e. The molecule has 3 heteroatoms. The van der Waals surface area contributed by atoms with E-state index in [0.29, 0.717) is 18.1 Å². The second-order valence-corrected chi connectivity index (χ2v) is 6.93. The molecule has 1 aromatic rings. The Balaban J connectivity index is 1.70. The van der Waals surface area contributed by atoms with Crippen LogP contribution < -0.4 is 10.1 Å². The molecular formula is C18H27NO2. The summed E-state index contributed by atoms with van der Waals surface area (Å²) in [6.07, 6.45) is 3.73. The predicted octanol–water partition coefficient (Wildman–Crippen LogP) is 3.69. The van der Waals surface area contributed by atoms with Crippen molar-refractivity contribution in [1.29, 1.82) is 0 Å². The summed E-state index contributed by atoms with van der Waals surface area (Å²) in [5.74, 6) is 1.68. The van der Waals surface area contributed by atoms with Gasteiger partial charge in [0.2, 0.25) is 0 Å². The third-order valence-corrected chi connectivity index (χ3v) is 4.75. The topological polar surface area (TPSA) is 30.5 Å². The fraction of sp³-hybridized carbons (Fsp3) is 0.667. The predicted molar refractivity (Wildman–Crippen MR) is 84.6 cm³/mol. The van der Waals surface area contributed by atoms with E-state index in [0.717, 1.165) is 31.7 Å². The van der Waals surface area contributed by atoms with E-state index in [4.69, 9.17) is 9.47 Å². The van der Waals surface area contributed by atoms with Crippen LogP contribution in [0.15, 0.2) is 24.3 Å². The van der Waals surface area contributed by atoms with E-state index in [2.05, 4.69) is 50.4 Å². The number of ether oxygens (including phenoxy) is 2. The molecule has 0 amide bonds. The normalized spacial score (nSPS) is 30.7. The van der Waals surface area contributed by atoms with Gasteiger partial charge >= 0.3 is 0 Å². The molecule has 0 spiro atoms. The first-order valence-electron chi connectivity index (χ1n) is 8.22. The maximum absolute atomic E-state index is 6.10. The standard InChI is InChI=1S/C18H27NO2/c1-4-16-13(9-10-20-16)12-19-15-11-18(2,3)21-17-8-6-5-7-14(15)17/h5-8,13,15-16,19H,4,9-12H2,1-3H3. The molecule has 0 aliphatic carbocycles. The van der Waals surface area contributed by atoms with Crippen LogP contribution in [0.3, 0.4) is 0 Å². The van der Waals surface area contributed by atoms with Gasteiger partial charge in [0.1, 0.15) is 11.4 Å². The Morgan fingerprint density at radius 2 is 2.10 bits per heavy atom. The van der Waals surface area contributed by atoms with E-state index in [1.54, 1.807) is 0 Å². The number of benzene rings is 1. The van der Waals surface area contributed by atoms with Gasteiger partial charge in [-0.05, 0) is 38.7 Å². The highest BCUT2D eigenvalue weighted by atomic mass is 16.5. The van der Waals surface area contributed by atoms with Gasteiger partial charge in [0.15, 0.2) is 0 Å². The average Bonchev–Trinajstić information content (AvgIpc) is 2.91. The second kappa shape index (κ2) is 5.98. The Hall–Kier alpha value is -1.06. The minimum atomic E-state index is -0.109. The van der Waals surface area contributed by atoms with E-state index in [1.165, 1.54) is 12.0 Å². The molecule has 2 heterocycles. The molecule has 0 aromatic heterocycles. The van der Waals surface area contributed by atoms with Crippen molar-refractivity contribution < 1.29 is 9.47 Å². The lowest BCUT2D eigenvalue weighted by Gasteiger charge is -2.38. The number of nitrogens with one attached hydrogen (secondary N) is 1. The van der Waals surface area contributed by atoms with Crippen molar-refractivity contribution in [2.45, 2.75) is 57.8 Å². The molecule has 3 atom stereocenters. The molecule has 3 nitrogen and oxygen atoms in total. The summed E-state index contributed by atoms with van der Waals surface area (Å²) in [5, 5.41) is 3.78. The SMILES string of the molecule is CCC1OCCC1CNC1CC(C)(C)Oc2ccccc21. The monoisotopic (exact) mass is 289 g/mol. The zero-order valence-corrected chi connectivity index (χ0v) is 13.4. The summed E-state index contributed by atoms with van der Waals surface area (Å²) in [4.78, 5) is 0. The second-order valence-electron chi connectivity index (χ2n) is 6.93. The summed E-state index contributed by atoms with van der Waals surface area (Å²) in [6, 6.07) is 8.80. The van der Waals surface area contributed by atoms with E-state index in [9.17, 15) is 0 Å². The number of rotatable bonds is 4. The first-order chi connectivity index (χ1) is 10.1. The van der Waals surface area contributed by atoms with Gasteiger partial charge in [-0.2, -0.15) is 0 Å². The van der Waals surface area contributed by atoms with Crippen LogP contribution in [0.25, 0.3) is 0 Å². The number of para-hydroxylation sites is 1. The zero-order valence-electron chi connectivity index (χ0n) is 13.4. The molecule has 1 saturated heterocycles. The van der Waals surface area contributed by atoms with Gasteiger partial charge in [0.05, 0.1) is 6.10 Å². The van der Waals surface area contributed by atoms with Crippen LogP contribution in [0.4, 0.5) is 0 Å². The van der Waals surface area contributed by atoms with Crippen molar-refractivity contribution in [3.63, 3.8) is 0 Å². The lowest BCUT2D eigenvalue weighted by Crippen LogP contribution is -2.41. The Kier molecular flexibility index (Phi) is 4.23. The fourth-order valence-corrected chi connectivity index (χ4v) is 3.66.